The lowest BCUT2D eigenvalue weighted by atomic mass is 9.98. The summed E-state index contributed by atoms with van der Waals surface area (Å²) in [7, 11) is 2.02. The number of nitrogens with one attached hydrogen (secondary N) is 1. The number of nitrogens with zero attached hydrogens (tertiary/aromatic N) is 3. The third-order valence-corrected chi connectivity index (χ3v) is 7.26. The van der Waals surface area contributed by atoms with Crippen LogP contribution in [0.3, 0.4) is 0 Å². The molecule has 1 aromatic carbocycles. The average Bonchev–Trinajstić information content (AvgIpc) is 2.84. The van der Waals surface area contributed by atoms with Crippen molar-refractivity contribution in [2.45, 2.75) is 72.1 Å². The van der Waals surface area contributed by atoms with Crippen molar-refractivity contribution in [1.29, 1.82) is 0 Å². The number of aromatic nitrogens is 1. The lowest BCUT2D eigenvalue weighted by Crippen LogP contribution is -2.44. The molecular weight excluding hydrogens is 488 g/mol. The molecule has 1 fully saturated rings. The summed E-state index contributed by atoms with van der Waals surface area (Å²) in [5, 5.41) is 0. The second-order valence-electron chi connectivity index (χ2n) is 9.79. The minimum absolute atomic E-state index is 0.0399. The van der Waals surface area contributed by atoms with Gasteiger partial charge in [-0.15, -0.1) is 0 Å². The van der Waals surface area contributed by atoms with Gasteiger partial charge in [0.15, 0.2) is 0 Å². The van der Waals surface area contributed by atoms with Crippen molar-refractivity contribution < 1.29 is 22.4 Å². The Morgan fingerprint density at radius 2 is 1.73 bits per heavy atom. The Balaban J connectivity index is 2.14. The van der Waals surface area contributed by atoms with Crippen LogP contribution in [0.5, 0.6) is 0 Å². The number of pyridine rings is 1. The van der Waals surface area contributed by atoms with Crippen molar-refractivity contribution >= 4 is 17.8 Å². The number of benzene rings is 1. The first-order valence-corrected chi connectivity index (χ1v) is 12.7. The number of H-pyrrole nitrogens is 1. The van der Waals surface area contributed by atoms with E-state index in [-0.39, 0.29) is 41.5 Å². The Bertz CT molecular complexity index is 1170. The fourth-order valence-electron chi connectivity index (χ4n) is 5.20. The minimum atomic E-state index is -4.64. The topological polar surface area (TPSA) is 59.7 Å². The van der Waals surface area contributed by atoms with Crippen LogP contribution in [-0.4, -0.2) is 49.0 Å². The van der Waals surface area contributed by atoms with Gasteiger partial charge in [0.1, 0.15) is 5.82 Å². The molecule has 1 aliphatic rings. The number of amides is 1. The zero-order valence-electron chi connectivity index (χ0n) is 22.1. The lowest BCUT2D eigenvalue weighted by Gasteiger charge is -2.39. The van der Waals surface area contributed by atoms with Crippen molar-refractivity contribution in [2.24, 2.45) is 0 Å². The van der Waals surface area contributed by atoms with Crippen LogP contribution in [-0.2, 0) is 23.9 Å². The summed E-state index contributed by atoms with van der Waals surface area (Å²) in [5.74, 6) is -0.567. The van der Waals surface area contributed by atoms with Gasteiger partial charge in [0, 0.05) is 35.1 Å². The molecule has 1 N–H and O–H groups in total. The van der Waals surface area contributed by atoms with Crippen molar-refractivity contribution in [3.05, 3.63) is 56.3 Å². The molecule has 0 radical (unpaired) electrons. The molecule has 0 aliphatic carbocycles. The molecule has 2 aromatic rings. The third-order valence-electron chi connectivity index (χ3n) is 7.26. The summed E-state index contributed by atoms with van der Waals surface area (Å²) in [6.07, 6.45) is -1.78. The van der Waals surface area contributed by atoms with Gasteiger partial charge in [-0.3, -0.25) is 9.59 Å². The van der Waals surface area contributed by atoms with Gasteiger partial charge < -0.3 is 19.7 Å². The smallest absolute Gasteiger partial charge is 0.368 e. The maximum absolute atomic E-state index is 14.9. The highest BCUT2D eigenvalue weighted by atomic mass is 19.4. The quantitative estimate of drug-likeness (QED) is 0.363. The molecule has 0 bridgehead atoms. The van der Waals surface area contributed by atoms with Gasteiger partial charge in [0.05, 0.1) is 17.8 Å². The van der Waals surface area contributed by atoms with Crippen LogP contribution in [0.25, 0.3) is 0 Å². The van der Waals surface area contributed by atoms with E-state index in [0.29, 0.717) is 30.6 Å². The Hall–Kier alpha value is -2.88. The fraction of sp³-hybridized carbons (Fsp3) is 0.556. The largest absolute Gasteiger partial charge is 0.416 e. The van der Waals surface area contributed by atoms with Crippen LogP contribution in [0.1, 0.15) is 61.1 Å². The van der Waals surface area contributed by atoms with E-state index in [4.69, 9.17) is 0 Å². The van der Waals surface area contributed by atoms with Gasteiger partial charge in [0.25, 0.3) is 5.56 Å². The highest BCUT2D eigenvalue weighted by Crippen LogP contribution is 2.40. The monoisotopic (exact) mass is 524 g/mol. The molecule has 1 aromatic heterocycles. The van der Waals surface area contributed by atoms with Crippen LogP contribution in [0, 0.1) is 19.7 Å². The number of aryl methyl sites for hydroxylation is 1. The standard InChI is InChI=1S/C27H36F4N4O2/c1-6-8-21-22(26(37)32-18(4)25(21)28)15-34(16-36)23-13-19(27(29,30)31)14-24(17(23)3)35(7-2)20-9-11-33(5)12-10-20/h13-14,16,20H,6-12,15H2,1-5H3,(H,32,37). The zero-order chi connectivity index (χ0) is 27.5. The highest BCUT2D eigenvalue weighted by Gasteiger charge is 2.34. The molecule has 3 rings (SSSR count). The van der Waals surface area contributed by atoms with Gasteiger partial charge in [-0.1, -0.05) is 13.3 Å². The van der Waals surface area contributed by atoms with E-state index in [0.717, 1.165) is 43.0 Å². The maximum atomic E-state index is 14.9. The van der Waals surface area contributed by atoms with Gasteiger partial charge in [0.2, 0.25) is 6.41 Å². The second-order valence-corrected chi connectivity index (χ2v) is 9.79. The van der Waals surface area contributed by atoms with Crippen LogP contribution >= 0.6 is 0 Å². The first-order valence-electron chi connectivity index (χ1n) is 12.7. The molecule has 37 heavy (non-hydrogen) atoms. The van der Waals surface area contributed by atoms with Gasteiger partial charge in [-0.25, -0.2) is 4.39 Å². The van der Waals surface area contributed by atoms with Crippen molar-refractivity contribution in [3.8, 4) is 0 Å². The fourth-order valence-corrected chi connectivity index (χ4v) is 5.20. The Labute approximate surface area is 215 Å². The van der Waals surface area contributed by atoms with Crippen LogP contribution in [0.2, 0.25) is 0 Å². The Morgan fingerprint density at radius 3 is 2.27 bits per heavy atom. The number of hydrogen-bond acceptors (Lipinski definition) is 4. The number of anilines is 2. The Morgan fingerprint density at radius 1 is 1.11 bits per heavy atom. The summed E-state index contributed by atoms with van der Waals surface area (Å²) in [4.78, 5) is 32.7. The second kappa shape index (κ2) is 11.7. The summed E-state index contributed by atoms with van der Waals surface area (Å²) < 4.78 is 57.0. The third kappa shape index (κ3) is 6.17. The number of piperidine rings is 1. The van der Waals surface area contributed by atoms with Crippen LogP contribution < -0.4 is 15.4 Å². The van der Waals surface area contributed by atoms with Gasteiger partial charge in [-0.05, 0) is 77.9 Å². The number of hydrogen-bond donors (Lipinski definition) is 1. The van der Waals surface area contributed by atoms with Crippen LogP contribution in [0.4, 0.5) is 28.9 Å². The first-order chi connectivity index (χ1) is 17.4. The van der Waals surface area contributed by atoms with Crippen molar-refractivity contribution in [3.63, 3.8) is 0 Å². The van der Waals surface area contributed by atoms with E-state index in [9.17, 15) is 27.2 Å². The molecule has 204 valence electrons. The SMILES string of the molecule is CCCc1c(F)c(C)[nH]c(=O)c1CN(C=O)c1cc(C(F)(F)F)cc(N(CC)C2CCN(C)CC2)c1C. The van der Waals surface area contributed by atoms with E-state index in [2.05, 4.69) is 9.88 Å². The summed E-state index contributed by atoms with van der Waals surface area (Å²) in [5.41, 5.74) is -0.161. The molecule has 0 spiro atoms. The minimum Gasteiger partial charge on any atom is -0.368 e. The number of carbonyl (C=O) groups is 1. The van der Waals surface area contributed by atoms with Gasteiger partial charge >= 0.3 is 6.18 Å². The first kappa shape index (κ1) is 28.7. The molecule has 1 amide bonds. The summed E-state index contributed by atoms with van der Waals surface area (Å²) in [6.45, 7) is 8.72. The van der Waals surface area contributed by atoms with E-state index in [1.54, 1.807) is 6.92 Å². The highest BCUT2D eigenvalue weighted by molar-refractivity contribution is 5.81. The van der Waals surface area contributed by atoms with E-state index < -0.39 is 23.1 Å². The van der Waals surface area contributed by atoms with Crippen molar-refractivity contribution in [2.75, 3.05) is 36.5 Å². The summed E-state index contributed by atoms with van der Waals surface area (Å²) in [6, 6.07) is 2.14. The molecule has 2 heterocycles. The number of aromatic amines is 1. The molecule has 1 saturated heterocycles. The normalized spacial score (nSPS) is 15.2. The number of carbonyl (C=O) groups excluding carboxylic acids is 1. The number of likely N-dealkylation sites (tertiary alicyclic amines) is 1. The summed E-state index contributed by atoms with van der Waals surface area (Å²) >= 11 is 0. The Kier molecular flexibility index (Phi) is 9.05. The molecule has 10 heteroatoms. The lowest BCUT2D eigenvalue weighted by molar-refractivity contribution is -0.137. The predicted octanol–water partition coefficient (Wildman–Crippen LogP) is 5.19. The molecule has 0 unspecified atom stereocenters. The van der Waals surface area contributed by atoms with Gasteiger partial charge in [-0.2, -0.15) is 13.2 Å². The number of rotatable bonds is 9. The molecule has 0 atom stereocenters. The predicted molar refractivity (Wildman–Crippen MR) is 138 cm³/mol. The number of alkyl halides is 3. The zero-order valence-corrected chi connectivity index (χ0v) is 22.1. The maximum Gasteiger partial charge on any atom is 0.416 e. The molecule has 1 aliphatic heterocycles. The van der Waals surface area contributed by atoms with E-state index >= 15 is 0 Å². The van der Waals surface area contributed by atoms with E-state index in [1.165, 1.54) is 6.92 Å². The molecule has 0 saturated carbocycles. The average molecular weight is 525 g/mol. The number of halogens is 4. The van der Waals surface area contributed by atoms with Crippen molar-refractivity contribution in [1.82, 2.24) is 9.88 Å². The van der Waals surface area contributed by atoms with Crippen LogP contribution in [0.15, 0.2) is 16.9 Å². The molecular formula is C27H36F4N4O2. The van der Waals surface area contributed by atoms with E-state index in [1.807, 2.05) is 25.8 Å². The molecule has 6 nitrogen and oxygen atoms in total.